The van der Waals surface area contributed by atoms with Crippen LogP contribution in [-0.4, -0.2) is 25.4 Å². The number of nitrogens with zero attached hydrogens (tertiary/aromatic N) is 4. The fraction of sp³-hybridized carbons (Fsp3) is 0.429. The van der Waals surface area contributed by atoms with Crippen LogP contribution in [0.2, 0.25) is 0 Å². The van der Waals surface area contributed by atoms with E-state index < -0.39 is 4.92 Å². The Morgan fingerprint density at radius 2 is 2.05 bits per heavy atom. The second-order valence-electron chi connectivity index (χ2n) is 5.58. The second-order valence-corrected chi connectivity index (χ2v) is 5.90. The Balaban J connectivity index is 1.76. The van der Waals surface area contributed by atoms with Gasteiger partial charge in [0.25, 0.3) is 5.69 Å². The van der Waals surface area contributed by atoms with Gasteiger partial charge in [-0.05, 0) is 36.1 Å². The molecule has 0 N–H and O–H groups in total. The van der Waals surface area contributed by atoms with E-state index in [-0.39, 0.29) is 11.1 Å². The van der Waals surface area contributed by atoms with Gasteiger partial charge in [0.2, 0.25) is 0 Å². The van der Waals surface area contributed by atoms with E-state index >= 15 is 0 Å². The first-order chi connectivity index (χ1) is 10.1. The number of nitro benzene ring substituents is 1. The predicted molar refractivity (Wildman–Crippen MR) is 82.2 cm³/mol. The van der Waals surface area contributed by atoms with E-state index in [2.05, 4.69) is 22.7 Å². The summed E-state index contributed by atoms with van der Waals surface area (Å²) in [6.07, 6.45) is 5.34. The van der Waals surface area contributed by atoms with Crippen LogP contribution in [0.25, 0.3) is 11.4 Å². The van der Waals surface area contributed by atoms with Crippen molar-refractivity contribution in [3.05, 3.63) is 40.7 Å². The van der Waals surface area contributed by atoms with Crippen LogP contribution in [0.5, 0.6) is 0 Å². The molecular weight excluding hydrogens is 288 g/mol. The minimum Gasteiger partial charge on any atom is -0.258 e. The molecule has 0 atom stereocenters. The van der Waals surface area contributed by atoms with Crippen molar-refractivity contribution in [2.24, 2.45) is 5.41 Å². The van der Waals surface area contributed by atoms with Crippen molar-refractivity contribution >= 4 is 18.3 Å². The molecule has 0 spiro atoms. The third-order valence-electron chi connectivity index (χ3n) is 4.12. The Morgan fingerprint density at radius 3 is 2.57 bits per heavy atom. The van der Waals surface area contributed by atoms with Crippen molar-refractivity contribution in [3.8, 4) is 11.4 Å². The molecule has 1 aromatic carbocycles. The van der Waals surface area contributed by atoms with Gasteiger partial charge in [0.15, 0.2) is 5.82 Å². The van der Waals surface area contributed by atoms with Crippen LogP contribution in [0.4, 0.5) is 5.69 Å². The van der Waals surface area contributed by atoms with Crippen molar-refractivity contribution in [1.82, 2.24) is 14.8 Å². The van der Waals surface area contributed by atoms with Gasteiger partial charge in [-0.1, -0.05) is 6.42 Å². The van der Waals surface area contributed by atoms with Crippen molar-refractivity contribution in [3.63, 3.8) is 0 Å². The lowest BCUT2D eigenvalue weighted by Gasteiger charge is -2.40. The van der Waals surface area contributed by atoms with Crippen LogP contribution in [0.15, 0.2) is 30.6 Å². The molecule has 1 heterocycles. The Hall–Kier alpha value is -1.89. The Labute approximate surface area is 127 Å². The molecule has 1 saturated carbocycles. The van der Waals surface area contributed by atoms with Crippen molar-refractivity contribution in [2.45, 2.75) is 25.8 Å². The number of aromatic nitrogens is 3. The molecule has 21 heavy (non-hydrogen) atoms. The third-order valence-corrected chi connectivity index (χ3v) is 4.79. The largest absolute Gasteiger partial charge is 0.269 e. The maximum Gasteiger partial charge on any atom is 0.269 e. The van der Waals surface area contributed by atoms with Gasteiger partial charge in [-0.15, -0.1) is 0 Å². The van der Waals surface area contributed by atoms with Crippen LogP contribution in [-0.2, 0) is 6.54 Å². The smallest absolute Gasteiger partial charge is 0.258 e. The first-order valence-electron chi connectivity index (χ1n) is 6.87. The SMILES string of the molecule is O=[N+]([O-])c1ccc(-c2ncn(CC3(CS)CCC3)n2)cc1. The Bertz CT molecular complexity index is 644. The van der Waals surface area contributed by atoms with Crippen molar-refractivity contribution < 1.29 is 4.92 Å². The Kier molecular flexibility index (Phi) is 3.67. The molecule has 1 aliphatic carbocycles. The molecule has 0 bridgehead atoms. The van der Waals surface area contributed by atoms with Gasteiger partial charge < -0.3 is 0 Å². The Morgan fingerprint density at radius 1 is 1.33 bits per heavy atom. The average molecular weight is 304 g/mol. The summed E-state index contributed by atoms with van der Waals surface area (Å²) < 4.78 is 1.85. The molecule has 1 aromatic heterocycles. The lowest BCUT2D eigenvalue weighted by molar-refractivity contribution is -0.384. The molecule has 2 aromatic rings. The summed E-state index contributed by atoms with van der Waals surface area (Å²) in [6.45, 7) is 0.830. The van der Waals surface area contributed by atoms with Gasteiger partial charge in [-0.2, -0.15) is 17.7 Å². The highest BCUT2D eigenvalue weighted by atomic mass is 32.1. The van der Waals surface area contributed by atoms with Crippen LogP contribution < -0.4 is 0 Å². The standard InChI is InChI=1S/C14H16N4O2S/c19-18(20)12-4-2-11(3-5-12)13-15-10-17(16-13)8-14(9-21)6-1-7-14/h2-5,10,21H,1,6-9H2. The van der Waals surface area contributed by atoms with Gasteiger partial charge in [-0.3, -0.25) is 14.8 Å². The number of hydrogen-bond acceptors (Lipinski definition) is 5. The van der Waals surface area contributed by atoms with Crippen molar-refractivity contribution in [1.29, 1.82) is 0 Å². The molecule has 0 unspecified atom stereocenters. The van der Waals surface area contributed by atoms with Gasteiger partial charge in [-0.25, -0.2) is 4.98 Å². The topological polar surface area (TPSA) is 73.8 Å². The van der Waals surface area contributed by atoms with Gasteiger partial charge >= 0.3 is 0 Å². The molecule has 0 aliphatic heterocycles. The molecule has 0 saturated heterocycles. The fourth-order valence-corrected chi connectivity index (χ4v) is 3.04. The van der Waals surface area contributed by atoms with Gasteiger partial charge in [0, 0.05) is 24.2 Å². The number of thiol groups is 1. The fourth-order valence-electron chi connectivity index (χ4n) is 2.62. The molecule has 110 valence electrons. The van der Waals surface area contributed by atoms with Gasteiger partial charge in [0.05, 0.1) is 4.92 Å². The zero-order valence-electron chi connectivity index (χ0n) is 11.5. The minimum absolute atomic E-state index is 0.0710. The summed E-state index contributed by atoms with van der Waals surface area (Å²) in [5.74, 6) is 1.46. The highest BCUT2D eigenvalue weighted by molar-refractivity contribution is 7.80. The zero-order chi connectivity index (χ0) is 14.9. The first kappa shape index (κ1) is 14.1. The molecule has 6 nitrogen and oxygen atoms in total. The predicted octanol–water partition coefficient (Wildman–Crippen LogP) is 2.95. The van der Waals surface area contributed by atoms with E-state index in [9.17, 15) is 10.1 Å². The van der Waals surface area contributed by atoms with E-state index in [1.807, 2.05) is 4.68 Å². The number of nitro groups is 1. The molecule has 3 rings (SSSR count). The highest BCUT2D eigenvalue weighted by Crippen LogP contribution is 2.43. The van der Waals surface area contributed by atoms with Crippen LogP contribution in [0, 0.1) is 15.5 Å². The maximum atomic E-state index is 10.6. The van der Waals surface area contributed by atoms with E-state index in [0.29, 0.717) is 5.82 Å². The quantitative estimate of drug-likeness (QED) is 0.523. The lowest BCUT2D eigenvalue weighted by Crippen LogP contribution is -2.36. The summed E-state index contributed by atoms with van der Waals surface area (Å²) in [4.78, 5) is 14.5. The summed E-state index contributed by atoms with van der Waals surface area (Å²) in [5.41, 5.74) is 1.11. The maximum absolute atomic E-state index is 10.6. The van der Waals surface area contributed by atoms with Crippen LogP contribution in [0.3, 0.4) is 0 Å². The normalized spacial score (nSPS) is 16.4. The summed E-state index contributed by atoms with van der Waals surface area (Å²) in [6, 6.07) is 6.29. The monoisotopic (exact) mass is 304 g/mol. The first-order valence-corrected chi connectivity index (χ1v) is 7.50. The molecule has 1 aliphatic rings. The van der Waals surface area contributed by atoms with E-state index in [4.69, 9.17) is 0 Å². The van der Waals surface area contributed by atoms with E-state index in [0.717, 1.165) is 17.9 Å². The zero-order valence-corrected chi connectivity index (χ0v) is 12.4. The average Bonchev–Trinajstić information content (AvgIpc) is 2.91. The highest BCUT2D eigenvalue weighted by Gasteiger charge is 2.36. The number of hydrogen-bond donors (Lipinski definition) is 1. The summed E-state index contributed by atoms with van der Waals surface area (Å²) in [5, 5.41) is 15.1. The molecule has 1 fully saturated rings. The summed E-state index contributed by atoms with van der Waals surface area (Å²) >= 11 is 4.44. The molecular formula is C14H16N4O2S. The number of benzene rings is 1. The number of non-ortho nitro benzene ring substituents is 1. The molecule has 7 heteroatoms. The van der Waals surface area contributed by atoms with E-state index in [1.165, 1.54) is 31.4 Å². The number of rotatable bonds is 5. The lowest BCUT2D eigenvalue weighted by atomic mass is 9.70. The second kappa shape index (κ2) is 5.48. The molecule has 0 amide bonds. The van der Waals surface area contributed by atoms with Crippen LogP contribution in [0.1, 0.15) is 19.3 Å². The van der Waals surface area contributed by atoms with Gasteiger partial charge in [0.1, 0.15) is 6.33 Å². The summed E-state index contributed by atoms with van der Waals surface area (Å²) in [7, 11) is 0. The van der Waals surface area contributed by atoms with Crippen molar-refractivity contribution in [2.75, 3.05) is 5.75 Å². The third kappa shape index (κ3) is 2.78. The van der Waals surface area contributed by atoms with Crippen LogP contribution >= 0.6 is 12.6 Å². The molecule has 0 radical (unpaired) electrons. The minimum atomic E-state index is -0.414. The van der Waals surface area contributed by atoms with E-state index in [1.54, 1.807) is 18.5 Å².